The van der Waals surface area contributed by atoms with Crippen molar-refractivity contribution in [3.05, 3.63) is 0 Å². The average molecular weight is 268 g/mol. The molecule has 0 radical (unpaired) electrons. The first-order valence-electron chi connectivity index (χ1n) is 4.87. The van der Waals surface area contributed by atoms with E-state index in [0.717, 1.165) is 4.90 Å². The number of nitrogens with zero attached hydrogens (tertiary/aromatic N) is 2. The Morgan fingerprint density at radius 2 is 1.41 bits per heavy atom. The van der Waals surface area contributed by atoms with E-state index < -0.39 is 15.9 Å². The van der Waals surface area contributed by atoms with E-state index >= 15 is 0 Å². The van der Waals surface area contributed by atoms with E-state index in [2.05, 4.69) is 0 Å². The van der Waals surface area contributed by atoms with Crippen LogP contribution in [0.3, 0.4) is 0 Å². The number of rotatable bonds is 10. The summed E-state index contributed by atoms with van der Waals surface area (Å²) < 4.78 is 29.4. The molecule has 0 heterocycles. The SMILES string of the molecule is O=CN(CCO)CCN(C=O)CCS(=O)(=O)O. The summed E-state index contributed by atoms with van der Waals surface area (Å²) in [5.41, 5.74) is 0. The van der Waals surface area contributed by atoms with Gasteiger partial charge in [0.1, 0.15) is 0 Å². The molecule has 0 aromatic rings. The molecule has 0 aliphatic heterocycles. The molecule has 0 unspecified atom stereocenters. The molecule has 0 aromatic heterocycles. The molecule has 0 aromatic carbocycles. The smallest absolute Gasteiger partial charge is 0.266 e. The molecule has 0 saturated carbocycles. The van der Waals surface area contributed by atoms with Gasteiger partial charge in [0.15, 0.2) is 0 Å². The van der Waals surface area contributed by atoms with Gasteiger partial charge in [0.05, 0.1) is 12.4 Å². The zero-order chi connectivity index (χ0) is 13.3. The van der Waals surface area contributed by atoms with Crippen molar-refractivity contribution in [1.82, 2.24) is 9.80 Å². The summed E-state index contributed by atoms with van der Waals surface area (Å²) in [6.45, 7) is 0.138. The van der Waals surface area contributed by atoms with Gasteiger partial charge in [0.25, 0.3) is 10.1 Å². The van der Waals surface area contributed by atoms with Crippen LogP contribution >= 0.6 is 0 Å². The first-order chi connectivity index (χ1) is 7.92. The van der Waals surface area contributed by atoms with Crippen molar-refractivity contribution in [2.75, 3.05) is 38.5 Å². The summed E-state index contributed by atoms with van der Waals surface area (Å²) in [4.78, 5) is 23.4. The number of hydrogen-bond acceptors (Lipinski definition) is 5. The number of hydrogen-bond donors (Lipinski definition) is 2. The van der Waals surface area contributed by atoms with Crippen molar-refractivity contribution in [2.24, 2.45) is 0 Å². The van der Waals surface area contributed by atoms with E-state index in [-0.39, 0.29) is 32.8 Å². The highest BCUT2D eigenvalue weighted by molar-refractivity contribution is 7.85. The van der Waals surface area contributed by atoms with Gasteiger partial charge in [-0.05, 0) is 0 Å². The largest absolute Gasteiger partial charge is 0.395 e. The van der Waals surface area contributed by atoms with Gasteiger partial charge in [0, 0.05) is 26.2 Å². The fourth-order valence-electron chi connectivity index (χ4n) is 1.05. The lowest BCUT2D eigenvalue weighted by molar-refractivity contribution is -0.121. The molecule has 9 heteroatoms. The molecule has 2 amide bonds. The molecule has 17 heavy (non-hydrogen) atoms. The summed E-state index contributed by atoms with van der Waals surface area (Å²) in [6.07, 6.45) is 0.967. The van der Waals surface area contributed by atoms with Crippen molar-refractivity contribution in [3.8, 4) is 0 Å². The highest BCUT2D eigenvalue weighted by Gasteiger charge is 2.10. The van der Waals surface area contributed by atoms with Crippen molar-refractivity contribution < 1.29 is 27.7 Å². The lowest BCUT2D eigenvalue weighted by Gasteiger charge is -2.21. The Bertz CT molecular complexity index is 331. The number of aliphatic hydroxyl groups is 1. The minimum Gasteiger partial charge on any atom is -0.395 e. The van der Waals surface area contributed by atoms with Crippen molar-refractivity contribution in [1.29, 1.82) is 0 Å². The van der Waals surface area contributed by atoms with Crippen LogP contribution in [-0.2, 0) is 19.7 Å². The molecule has 2 N–H and O–H groups in total. The molecule has 0 rings (SSSR count). The van der Waals surface area contributed by atoms with Crippen LogP contribution in [0.1, 0.15) is 0 Å². The van der Waals surface area contributed by atoms with Crippen LogP contribution in [-0.4, -0.2) is 79.2 Å². The molecular formula is C8H16N2O6S. The first kappa shape index (κ1) is 15.8. The normalized spacial score (nSPS) is 10.9. The predicted molar refractivity (Wildman–Crippen MR) is 58.8 cm³/mol. The van der Waals surface area contributed by atoms with Crippen LogP contribution in [0.5, 0.6) is 0 Å². The fraction of sp³-hybridized carbons (Fsp3) is 0.750. The van der Waals surface area contributed by atoms with Crippen molar-refractivity contribution in [2.45, 2.75) is 0 Å². The third-order valence-corrected chi connectivity index (χ3v) is 2.69. The van der Waals surface area contributed by atoms with Gasteiger partial charge in [-0.3, -0.25) is 14.1 Å². The molecule has 0 aliphatic rings. The quantitative estimate of drug-likeness (QED) is 0.343. The van der Waals surface area contributed by atoms with E-state index in [4.69, 9.17) is 9.66 Å². The van der Waals surface area contributed by atoms with Crippen molar-refractivity contribution in [3.63, 3.8) is 0 Å². The van der Waals surface area contributed by atoms with Gasteiger partial charge in [-0.2, -0.15) is 8.42 Å². The Kier molecular flexibility index (Phi) is 7.42. The minimum absolute atomic E-state index is 0.137. The average Bonchev–Trinajstić information content (AvgIpc) is 2.26. The third-order valence-electron chi connectivity index (χ3n) is 2.00. The first-order valence-corrected chi connectivity index (χ1v) is 6.48. The molecule has 0 spiro atoms. The molecule has 0 atom stereocenters. The minimum atomic E-state index is -4.11. The van der Waals surface area contributed by atoms with Crippen LogP contribution in [0.25, 0.3) is 0 Å². The van der Waals surface area contributed by atoms with Gasteiger partial charge < -0.3 is 14.9 Å². The summed E-state index contributed by atoms with van der Waals surface area (Å²) in [6, 6.07) is 0. The maximum atomic E-state index is 10.6. The van der Waals surface area contributed by atoms with Crippen LogP contribution < -0.4 is 0 Å². The zero-order valence-corrected chi connectivity index (χ0v) is 10.0. The lowest BCUT2D eigenvalue weighted by atomic mass is 10.4. The van der Waals surface area contributed by atoms with Gasteiger partial charge in [-0.15, -0.1) is 0 Å². The van der Waals surface area contributed by atoms with Gasteiger partial charge >= 0.3 is 0 Å². The summed E-state index contributed by atoms with van der Waals surface area (Å²) >= 11 is 0. The molecule has 0 aliphatic carbocycles. The molecule has 0 fully saturated rings. The van der Waals surface area contributed by atoms with E-state index in [1.54, 1.807) is 0 Å². The monoisotopic (exact) mass is 268 g/mol. The zero-order valence-electron chi connectivity index (χ0n) is 9.23. The summed E-state index contributed by atoms with van der Waals surface area (Å²) in [7, 11) is -4.11. The second-order valence-electron chi connectivity index (χ2n) is 3.29. The van der Waals surface area contributed by atoms with E-state index in [0.29, 0.717) is 12.8 Å². The van der Waals surface area contributed by atoms with Gasteiger partial charge in [0.2, 0.25) is 12.8 Å². The standard InChI is InChI=1S/C8H16N2O6S/c11-5-3-9(7-12)1-2-10(8-13)4-6-17(14,15)16/h7-8,11H,1-6H2,(H,14,15,16). The van der Waals surface area contributed by atoms with Crippen LogP contribution in [0.2, 0.25) is 0 Å². The summed E-state index contributed by atoms with van der Waals surface area (Å²) in [5.74, 6) is -0.549. The molecule has 0 bridgehead atoms. The number of amides is 2. The molecule has 100 valence electrons. The second-order valence-corrected chi connectivity index (χ2v) is 4.86. The summed E-state index contributed by atoms with van der Waals surface area (Å²) in [5, 5.41) is 8.60. The Morgan fingerprint density at radius 3 is 1.76 bits per heavy atom. The second kappa shape index (κ2) is 7.98. The number of carbonyl (C=O) groups is 2. The Morgan fingerprint density at radius 1 is 0.941 bits per heavy atom. The van der Waals surface area contributed by atoms with Crippen molar-refractivity contribution >= 4 is 22.9 Å². The topological polar surface area (TPSA) is 115 Å². The van der Waals surface area contributed by atoms with E-state index in [1.807, 2.05) is 0 Å². The van der Waals surface area contributed by atoms with Crippen LogP contribution in [0.15, 0.2) is 0 Å². The molecule has 8 nitrogen and oxygen atoms in total. The predicted octanol–water partition coefficient (Wildman–Crippen LogP) is -2.22. The highest BCUT2D eigenvalue weighted by Crippen LogP contribution is 1.90. The van der Waals surface area contributed by atoms with Crippen LogP contribution in [0, 0.1) is 0 Å². The van der Waals surface area contributed by atoms with Gasteiger partial charge in [-0.1, -0.05) is 0 Å². The Balaban J connectivity index is 4.04. The maximum Gasteiger partial charge on any atom is 0.266 e. The number of carbonyl (C=O) groups excluding carboxylic acids is 2. The third kappa shape index (κ3) is 8.60. The fourth-order valence-corrected chi connectivity index (χ4v) is 1.52. The highest BCUT2D eigenvalue weighted by atomic mass is 32.2. The maximum absolute atomic E-state index is 10.6. The van der Waals surface area contributed by atoms with Crippen LogP contribution in [0.4, 0.5) is 0 Å². The Labute approximate surface area is 99.6 Å². The molecular weight excluding hydrogens is 252 g/mol. The number of aliphatic hydroxyl groups excluding tert-OH is 1. The van der Waals surface area contributed by atoms with Gasteiger partial charge in [-0.25, -0.2) is 0 Å². The Hall–Kier alpha value is -1.19. The lowest BCUT2D eigenvalue weighted by Crippen LogP contribution is -2.37. The van der Waals surface area contributed by atoms with E-state index in [1.165, 1.54) is 4.90 Å². The molecule has 0 saturated heterocycles. The van der Waals surface area contributed by atoms with E-state index in [9.17, 15) is 18.0 Å².